The van der Waals surface area contributed by atoms with E-state index in [1.54, 1.807) is 24.1 Å². The van der Waals surface area contributed by atoms with Gasteiger partial charge in [0.25, 0.3) is 16.1 Å². The highest BCUT2D eigenvalue weighted by Crippen LogP contribution is 2.22. The Morgan fingerprint density at radius 3 is 2.25 bits per heavy atom. The summed E-state index contributed by atoms with van der Waals surface area (Å²) in [5, 5.41) is 0. The normalized spacial score (nSPS) is 24.9. The SMILES string of the molecule is COc1cc(C(=O)N2CCN(S(=O)(=O)N3CC(C)OC(C)C3)CC2)ccc1C. The molecule has 1 amide bonds. The Hall–Kier alpha value is -1.68. The van der Waals surface area contributed by atoms with E-state index in [2.05, 4.69) is 0 Å². The van der Waals surface area contributed by atoms with Gasteiger partial charge in [0.05, 0.1) is 19.3 Å². The van der Waals surface area contributed by atoms with Crippen molar-refractivity contribution in [3.05, 3.63) is 29.3 Å². The molecule has 2 atom stereocenters. The molecule has 0 spiro atoms. The fourth-order valence-corrected chi connectivity index (χ4v) is 5.49. The molecule has 2 aliphatic heterocycles. The number of nitrogens with zero attached hydrogens (tertiary/aromatic N) is 3. The predicted octanol–water partition coefficient (Wildman–Crippen LogP) is 1.12. The number of benzene rings is 1. The first kappa shape index (κ1) is 21.0. The van der Waals surface area contributed by atoms with E-state index in [4.69, 9.17) is 9.47 Å². The molecular formula is C19H29N3O5S. The second-order valence-electron chi connectivity index (χ2n) is 7.46. The average molecular weight is 412 g/mol. The van der Waals surface area contributed by atoms with Gasteiger partial charge in [-0.05, 0) is 38.5 Å². The maximum absolute atomic E-state index is 13.0. The van der Waals surface area contributed by atoms with Crippen LogP contribution in [-0.4, -0.2) is 86.4 Å². The standard InChI is InChI=1S/C19H29N3O5S/c1-14-5-6-17(11-18(14)26-4)19(23)20-7-9-21(10-8-20)28(24,25)22-12-15(2)27-16(3)13-22/h5-6,11,15-16H,7-10,12-13H2,1-4H3. The maximum atomic E-state index is 13.0. The van der Waals surface area contributed by atoms with Crippen LogP contribution in [0, 0.1) is 6.92 Å². The van der Waals surface area contributed by atoms with Gasteiger partial charge in [-0.1, -0.05) is 6.07 Å². The number of ether oxygens (including phenoxy) is 2. The molecule has 28 heavy (non-hydrogen) atoms. The molecular weight excluding hydrogens is 382 g/mol. The molecule has 9 heteroatoms. The summed E-state index contributed by atoms with van der Waals surface area (Å²) in [4.78, 5) is 14.5. The third kappa shape index (κ3) is 4.32. The molecule has 3 rings (SSSR count). The summed E-state index contributed by atoms with van der Waals surface area (Å²) in [5.74, 6) is 0.562. The zero-order valence-corrected chi connectivity index (χ0v) is 17.7. The summed E-state index contributed by atoms with van der Waals surface area (Å²) in [6.45, 7) is 7.70. The third-order valence-electron chi connectivity index (χ3n) is 5.22. The second-order valence-corrected chi connectivity index (χ2v) is 9.39. The van der Waals surface area contributed by atoms with Crippen molar-refractivity contribution in [1.29, 1.82) is 0 Å². The van der Waals surface area contributed by atoms with E-state index in [0.29, 0.717) is 37.5 Å². The average Bonchev–Trinajstić information content (AvgIpc) is 2.67. The summed E-state index contributed by atoms with van der Waals surface area (Å²) in [6, 6.07) is 5.37. The van der Waals surface area contributed by atoms with Crippen LogP contribution in [0.2, 0.25) is 0 Å². The van der Waals surface area contributed by atoms with Crippen LogP contribution in [0.25, 0.3) is 0 Å². The van der Waals surface area contributed by atoms with Crippen molar-refractivity contribution in [3.8, 4) is 5.75 Å². The van der Waals surface area contributed by atoms with Crippen LogP contribution in [-0.2, 0) is 14.9 Å². The van der Waals surface area contributed by atoms with Crippen molar-refractivity contribution in [1.82, 2.24) is 13.5 Å². The fraction of sp³-hybridized carbons (Fsp3) is 0.632. The highest BCUT2D eigenvalue weighted by atomic mass is 32.2. The largest absolute Gasteiger partial charge is 0.496 e. The Morgan fingerprint density at radius 2 is 1.68 bits per heavy atom. The van der Waals surface area contributed by atoms with Crippen LogP contribution >= 0.6 is 0 Å². The summed E-state index contributed by atoms with van der Waals surface area (Å²) in [7, 11) is -1.98. The lowest BCUT2D eigenvalue weighted by Crippen LogP contribution is -2.57. The van der Waals surface area contributed by atoms with Gasteiger partial charge in [-0.2, -0.15) is 17.0 Å². The molecule has 2 heterocycles. The van der Waals surface area contributed by atoms with E-state index in [0.717, 1.165) is 5.56 Å². The van der Waals surface area contributed by atoms with Crippen molar-refractivity contribution in [2.24, 2.45) is 0 Å². The Labute approximate surface area is 167 Å². The lowest BCUT2D eigenvalue weighted by Gasteiger charge is -2.40. The predicted molar refractivity (Wildman–Crippen MR) is 106 cm³/mol. The zero-order chi connectivity index (χ0) is 20.5. The number of morpholine rings is 1. The number of piperazine rings is 1. The van der Waals surface area contributed by atoms with Gasteiger partial charge in [-0.3, -0.25) is 4.79 Å². The molecule has 0 radical (unpaired) electrons. The number of aryl methyl sites for hydroxylation is 1. The van der Waals surface area contributed by atoms with Crippen molar-refractivity contribution in [2.45, 2.75) is 33.0 Å². The first-order chi connectivity index (χ1) is 13.2. The maximum Gasteiger partial charge on any atom is 0.282 e. The number of carbonyl (C=O) groups excluding carboxylic acids is 1. The number of amides is 1. The van der Waals surface area contributed by atoms with Gasteiger partial charge in [-0.25, -0.2) is 0 Å². The minimum absolute atomic E-state index is 0.107. The summed E-state index contributed by atoms with van der Waals surface area (Å²) < 4.78 is 39.8. The molecule has 1 aromatic carbocycles. The highest BCUT2D eigenvalue weighted by Gasteiger charge is 2.37. The van der Waals surface area contributed by atoms with Crippen molar-refractivity contribution < 1.29 is 22.7 Å². The van der Waals surface area contributed by atoms with Crippen LogP contribution in [0.1, 0.15) is 29.8 Å². The third-order valence-corrected chi connectivity index (χ3v) is 7.19. The molecule has 0 aliphatic carbocycles. The molecule has 2 aliphatic rings. The van der Waals surface area contributed by atoms with Crippen molar-refractivity contribution in [3.63, 3.8) is 0 Å². The molecule has 2 fully saturated rings. The van der Waals surface area contributed by atoms with E-state index in [9.17, 15) is 13.2 Å². The zero-order valence-electron chi connectivity index (χ0n) is 16.9. The van der Waals surface area contributed by atoms with Gasteiger partial charge in [0.2, 0.25) is 0 Å². The van der Waals surface area contributed by atoms with Crippen molar-refractivity contribution in [2.75, 3.05) is 46.4 Å². The number of carbonyl (C=O) groups is 1. The summed E-state index contributed by atoms with van der Waals surface area (Å²) in [5.41, 5.74) is 1.51. The van der Waals surface area contributed by atoms with Gasteiger partial charge >= 0.3 is 0 Å². The summed E-state index contributed by atoms with van der Waals surface area (Å²) >= 11 is 0. The first-order valence-electron chi connectivity index (χ1n) is 9.57. The van der Waals surface area contributed by atoms with E-state index < -0.39 is 10.2 Å². The van der Waals surface area contributed by atoms with Crippen LogP contribution in [0.4, 0.5) is 0 Å². The van der Waals surface area contributed by atoms with E-state index in [-0.39, 0.29) is 31.2 Å². The van der Waals surface area contributed by atoms with Gasteiger partial charge in [-0.15, -0.1) is 0 Å². The molecule has 156 valence electrons. The van der Waals surface area contributed by atoms with Crippen LogP contribution in [0.15, 0.2) is 18.2 Å². The van der Waals surface area contributed by atoms with Crippen LogP contribution in [0.3, 0.4) is 0 Å². The van der Waals surface area contributed by atoms with Crippen LogP contribution in [0.5, 0.6) is 5.75 Å². The van der Waals surface area contributed by atoms with Gasteiger partial charge < -0.3 is 14.4 Å². The first-order valence-corrected chi connectivity index (χ1v) is 11.0. The lowest BCUT2D eigenvalue weighted by molar-refractivity contribution is -0.0457. The van der Waals surface area contributed by atoms with Gasteiger partial charge in [0, 0.05) is 44.8 Å². The molecule has 8 nitrogen and oxygen atoms in total. The molecule has 0 saturated carbocycles. The lowest BCUT2D eigenvalue weighted by atomic mass is 10.1. The number of methoxy groups -OCH3 is 1. The monoisotopic (exact) mass is 411 g/mol. The Kier molecular flexibility index (Phi) is 6.28. The van der Waals surface area contributed by atoms with Crippen molar-refractivity contribution >= 4 is 16.1 Å². The minimum atomic E-state index is -3.55. The molecule has 0 N–H and O–H groups in total. The summed E-state index contributed by atoms with van der Waals surface area (Å²) in [6.07, 6.45) is -0.254. The molecule has 1 aromatic rings. The topological polar surface area (TPSA) is 79.4 Å². The van der Waals surface area contributed by atoms with E-state index in [1.807, 2.05) is 26.8 Å². The Bertz CT molecular complexity index is 811. The minimum Gasteiger partial charge on any atom is -0.496 e. The Balaban J connectivity index is 1.64. The smallest absolute Gasteiger partial charge is 0.282 e. The van der Waals surface area contributed by atoms with Gasteiger partial charge in [0.15, 0.2) is 0 Å². The number of rotatable bonds is 4. The second kappa shape index (κ2) is 8.36. The molecule has 2 unspecified atom stereocenters. The van der Waals surface area contributed by atoms with Crippen LogP contribution < -0.4 is 4.74 Å². The van der Waals surface area contributed by atoms with Gasteiger partial charge in [0.1, 0.15) is 5.75 Å². The number of hydrogen-bond acceptors (Lipinski definition) is 5. The van der Waals surface area contributed by atoms with E-state index in [1.165, 1.54) is 8.61 Å². The highest BCUT2D eigenvalue weighted by molar-refractivity contribution is 7.86. The number of hydrogen-bond donors (Lipinski definition) is 0. The Morgan fingerprint density at radius 1 is 1.07 bits per heavy atom. The molecule has 0 aromatic heterocycles. The van der Waals surface area contributed by atoms with E-state index >= 15 is 0 Å². The molecule has 2 saturated heterocycles. The quantitative estimate of drug-likeness (QED) is 0.742. The molecule has 0 bridgehead atoms. The fourth-order valence-electron chi connectivity index (χ4n) is 3.74.